The average Bonchev–Trinajstić information content (AvgIpc) is 2.56. The van der Waals surface area contributed by atoms with Crippen molar-refractivity contribution in [2.24, 2.45) is 0 Å². The summed E-state index contributed by atoms with van der Waals surface area (Å²) in [7, 11) is 0. The molecule has 0 spiro atoms. The number of aldehydes is 1. The quantitative estimate of drug-likeness (QED) is 0.648. The van der Waals surface area contributed by atoms with Crippen LogP contribution in [0.2, 0.25) is 0 Å². The molecule has 1 aromatic rings. The van der Waals surface area contributed by atoms with Gasteiger partial charge in [0, 0.05) is 11.4 Å². The van der Waals surface area contributed by atoms with Crippen LogP contribution >= 0.6 is 11.3 Å². The molecule has 0 amide bonds. The predicted molar refractivity (Wildman–Crippen MR) is 51.3 cm³/mol. The van der Waals surface area contributed by atoms with Crippen molar-refractivity contribution in [3.05, 3.63) is 22.4 Å². The largest absolute Gasteiger partial charge is 0.302 e. The first-order valence-electron chi connectivity index (χ1n) is 4.05. The molecule has 0 aliphatic heterocycles. The van der Waals surface area contributed by atoms with E-state index in [9.17, 15) is 4.79 Å². The van der Waals surface area contributed by atoms with Gasteiger partial charge in [-0.25, -0.2) is 0 Å². The standard InChI is InChI=1S/C9H13NOS/c1-2-10(5-6-11)8-9-4-3-7-12-9/h3-4,6-7H,2,5,8H2,1H3. The Hall–Kier alpha value is -0.670. The van der Waals surface area contributed by atoms with Crippen molar-refractivity contribution in [2.75, 3.05) is 13.1 Å². The second-order valence-electron chi connectivity index (χ2n) is 2.57. The van der Waals surface area contributed by atoms with Gasteiger partial charge in [-0.3, -0.25) is 4.90 Å². The van der Waals surface area contributed by atoms with E-state index in [4.69, 9.17) is 0 Å². The maximum Gasteiger partial charge on any atom is 0.133 e. The summed E-state index contributed by atoms with van der Waals surface area (Å²) in [6.07, 6.45) is 0.955. The smallest absolute Gasteiger partial charge is 0.133 e. The summed E-state index contributed by atoms with van der Waals surface area (Å²) in [6.45, 7) is 4.43. The van der Waals surface area contributed by atoms with Crippen LogP contribution in [0.1, 0.15) is 11.8 Å². The zero-order valence-electron chi connectivity index (χ0n) is 7.19. The van der Waals surface area contributed by atoms with Gasteiger partial charge >= 0.3 is 0 Å². The number of likely N-dealkylation sites (N-methyl/N-ethyl adjacent to an activating group) is 1. The fraction of sp³-hybridized carbons (Fsp3) is 0.444. The Balaban J connectivity index is 2.42. The molecule has 0 unspecified atom stereocenters. The minimum atomic E-state index is 0.536. The van der Waals surface area contributed by atoms with E-state index in [-0.39, 0.29) is 0 Å². The molecule has 0 saturated carbocycles. The molecule has 1 heterocycles. The molecule has 2 nitrogen and oxygen atoms in total. The number of carbonyl (C=O) groups is 1. The first kappa shape index (κ1) is 9.42. The summed E-state index contributed by atoms with van der Waals surface area (Å²) in [5.74, 6) is 0. The van der Waals surface area contributed by atoms with Crippen LogP contribution in [0.5, 0.6) is 0 Å². The molecule has 1 rings (SSSR count). The fourth-order valence-corrected chi connectivity index (χ4v) is 1.78. The van der Waals surface area contributed by atoms with Crippen molar-refractivity contribution in [1.82, 2.24) is 4.90 Å². The SMILES string of the molecule is CCN(CC=O)Cc1cccs1. The molecular weight excluding hydrogens is 170 g/mol. The lowest BCUT2D eigenvalue weighted by atomic mass is 10.4. The topological polar surface area (TPSA) is 20.3 Å². The summed E-state index contributed by atoms with van der Waals surface area (Å²) < 4.78 is 0. The molecule has 12 heavy (non-hydrogen) atoms. The summed E-state index contributed by atoms with van der Waals surface area (Å²) in [4.78, 5) is 13.7. The zero-order chi connectivity index (χ0) is 8.81. The van der Waals surface area contributed by atoms with E-state index in [1.54, 1.807) is 11.3 Å². The fourth-order valence-electron chi connectivity index (χ4n) is 1.03. The predicted octanol–water partition coefficient (Wildman–Crippen LogP) is 1.77. The van der Waals surface area contributed by atoms with Gasteiger partial charge in [0.2, 0.25) is 0 Å². The molecule has 0 aliphatic carbocycles. The van der Waals surface area contributed by atoms with Gasteiger partial charge in [0.25, 0.3) is 0 Å². The minimum Gasteiger partial charge on any atom is -0.302 e. The molecule has 0 bridgehead atoms. The summed E-state index contributed by atoms with van der Waals surface area (Å²) >= 11 is 1.73. The Kier molecular flexibility index (Phi) is 3.97. The van der Waals surface area contributed by atoms with E-state index in [1.807, 2.05) is 6.07 Å². The number of hydrogen-bond acceptors (Lipinski definition) is 3. The minimum absolute atomic E-state index is 0.536. The van der Waals surface area contributed by atoms with Gasteiger partial charge in [0.15, 0.2) is 0 Å². The van der Waals surface area contributed by atoms with Crippen molar-refractivity contribution in [1.29, 1.82) is 0 Å². The second kappa shape index (κ2) is 5.06. The lowest BCUT2D eigenvalue weighted by Crippen LogP contribution is -2.24. The molecule has 3 heteroatoms. The van der Waals surface area contributed by atoms with Gasteiger partial charge in [-0.2, -0.15) is 0 Å². The molecular formula is C9H13NOS. The highest BCUT2D eigenvalue weighted by molar-refractivity contribution is 7.09. The van der Waals surface area contributed by atoms with Gasteiger partial charge in [-0.05, 0) is 18.0 Å². The summed E-state index contributed by atoms with van der Waals surface area (Å²) in [5, 5.41) is 2.06. The second-order valence-corrected chi connectivity index (χ2v) is 3.61. The van der Waals surface area contributed by atoms with Gasteiger partial charge in [0.1, 0.15) is 6.29 Å². The highest BCUT2D eigenvalue weighted by Gasteiger charge is 2.02. The first-order valence-corrected chi connectivity index (χ1v) is 4.93. The van der Waals surface area contributed by atoms with E-state index in [1.165, 1.54) is 4.88 Å². The maximum absolute atomic E-state index is 10.3. The highest BCUT2D eigenvalue weighted by atomic mass is 32.1. The number of thiophene rings is 1. The van der Waals surface area contributed by atoms with E-state index < -0.39 is 0 Å². The Morgan fingerprint density at radius 3 is 3.00 bits per heavy atom. The van der Waals surface area contributed by atoms with Crippen LogP contribution in [-0.2, 0) is 11.3 Å². The normalized spacial score (nSPS) is 10.5. The molecule has 0 fully saturated rings. The van der Waals surface area contributed by atoms with Crippen molar-refractivity contribution in [2.45, 2.75) is 13.5 Å². The third-order valence-electron chi connectivity index (χ3n) is 1.74. The molecule has 0 aliphatic rings. The molecule has 0 saturated heterocycles. The van der Waals surface area contributed by atoms with Crippen molar-refractivity contribution < 1.29 is 4.79 Å². The van der Waals surface area contributed by atoms with Crippen LogP contribution in [0.25, 0.3) is 0 Å². The van der Waals surface area contributed by atoms with Crippen LogP contribution < -0.4 is 0 Å². The molecule has 0 atom stereocenters. The van der Waals surface area contributed by atoms with E-state index in [0.717, 1.165) is 19.4 Å². The molecule has 0 radical (unpaired) electrons. The van der Waals surface area contributed by atoms with Gasteiger partial charge in [-0.1, -0.05) is 13.0 Å². The van der Waals surface area contributed by atoms with Crippen LogP contribution in [0.15, 0.2) is 17.5 Å². The number of nitrogens with zero attached hydrogens (tertiary/aromatic N) is 1. The Morgan fingerprint density at radius 2 is 2.50 bits per heavy atom. The Morgan fingerprint density at radius 1 is 1.67 bits per heavy atom. The number of hydrogen-bond donors (Lipinski definition) is 0. The lowest BCUT2D eigenvalue weighted by Gasteiger charge is -2.15. The van der Waals surface area contributed by atoms with Gasteiger partial charge in [-0.15, -0.1) is 11.3 Å². The molecule has 0 aromatic carbocycles. The summed E-state index contributed by atoms with van der Waals surface area (Å²) in [6, 6.07) is 4.13. The van der Waals surface area contributed by atoms with Crippen LogP contribution in [0, 0.1) is 0 Å². The van der Waals surface area contributed by atoms with Crippen LogP contribution in [-0.4, -0.2) is 24.3 Å². The molecule has 1 aromatic heterocycles. The third kappa shape index (κ3) is 2.75. The molecule has 66 valence electrons. The number of carbonyl (C=O) groups excluding carboxylic acids is 1. The van der Waals surface area contributed by atoms with E-state index in [0.29, 0.717) is 6.54 Å². The van der Waals surface area contributed by atoms with Crippen molar-refractivity contribution in [3.8, 4) is 0 Å². The van der Waals surface area contributed by atoms with Crippen LogP contribution in [0.3, 0.4) is 0 Å². The zero-order valence-corrected chi connectivity index (χ0v) is 8.01. The van der Waals surface area contributed by atoms with E-state index in [2.05, 4.69) is 23.3 Å². The third-order valence-corrected chi connectivity index (χ3v) is 2.60. The lowest BCUT2D eigenvalue weighted by molar-refractivity contribution is -0.108. The van der Waals surface area contributed by atoms with Gasteiger partial charge in [0.05, 0.1) is 6.54 Å². The van der Waals surface area contributed by atoms with Gasteiger partial charge < -0.3 is 4.79 Å². The number of rotatable bonds is 5. The van der Waals surface area contributed by atoms with E-state index >= 15 is 0 Å². The average molecular weight is 183 g/mol. The van der Waals surface area contributed by atoms with Crippen molar-refractivity contribution >= 4 is 17.6 Å². The molecule has 0 N–H and O–H groups in total. The maximum atomic E-state index is 10.3. The van der Waals surface area contributed by atoms with Crippen LogP contribution in [0.4, 0.5) is 0 Å². The highest BCUT2D eigenvalue weighted by Crippen LogP contribution is 2.10. The summed E-state index contributed by atoms with van der Waals surface area (Å²) in [5.41, 5.74) is 0. The van der Waals surface area contributed by atoms with Crippen molar-refractivity contribution in [3.63, 3.8) is 0 Å². The first-order chi connectivity index (χ1) is 5.86. The Bertz CT molecular complexity index is 220. The Labute approximate surface area is 76.8 Å². The monoisotopic (exact) mass is 183 g/mol.